The summed E-state index contributed by atoms with van der Waals surface area (Å²) in [6.45, 7) is 3.75. The van der Waals surface area contributed by atoms with Gasteiger partial charge >= 0.3 is 5.97 Å². The van der Waals surface area contributed by atoms with Crippen molar-refractivity contribution < 1.29 is 19.1 Å². The molecule has 0 aromatic carbocycles. The molecule has 10 nitrogen and oxygen atoms in total. The van der Waals surface area contributed by atoms with Crippen LogP contribution in [0.1, 0.15) is 43.0 Å². The number of nitrogens with one attached hydrogen (secondary N) is 1. The smallest absolute Gasteiger partial charge is 0.341 e. The number of anilines is 1. The third-order valence-corrected chi connectivity index (χ3v) is 5.02. The second-order valence-electron chi connectivity index (χ2n) is 5.73. The number of carbonyl (C=O) groups excluding carboxylic acids is 3. The maximum atomic E-state index is 12.6. The molecule has 28 heavy (non-hydrogen) atoms. The first-order chi connectivity index (χ1) is 13.4. The number of esters is 1. The number of rotatable bonds is 7. The van der Waals surface area contributed by atoms with E-state index in [0.717, 1.165) is 11.3 Å². The fraction of sp³-hybridized carbons (Fsp3) is 0.235. The van der Waals surface area contributed by atoms with Gasteiger partial charge in [0, 0.05) is 18.6 Å². The highest BCUT2D eigenvalue weighted by molar-refractivity contribution is 7.18. The number of primary amides is 1. The number of aromatic nitrogens is 4. The van der Waals surface area contributed by atoms with Crippen LogP contribution in [0.25, 0.3) is 0 Å². The fourth-order valence-electron chi connectivity index (χ4n) is 2.55. The van der Waals surface area contributed by atoms with E-state index in [1.165, 1.54) is 0 Å². The lowest BCUT2D eigenvalue weighted by molar-refractivity contribution is 0.0527. The summed E-state index contributed by atoms with van der Waals surface area (Å²) in [7, 11) is 0. The third kappa shape index (κ3) is 3.93. The van der Waals surface area contributed by atoms with E-state index >= 15 is 0 Å². The summed E-state index contributed by atoms with van der Waals surface area (Å²) in [4.78, 5) is 36.7. The Morgan fingerprint density at radius 2 is 2.07 bits per heavy atom. The van der Waals surface area contributed by atoms with Crippen molar-refractivity contribution in [2.75, 3.05) is 11.9 Å². The zero-order valence-electron chi connectivity index (χ0n) is 15.2. The number of ether oxygens (including phenoxy) is 1. The van der Waals surface area contributed by atoms with E-state index in [2.05, 4.69) is 15.5 Å². The van der Waals surface area contributed by atoms with Crippen LogP contribution in [0.4, 0.5) is 5.00 Å². The van der Waals surface area contributed by atoms with Crippen molar-refractivity contribution in [3.63, 3.8) is 0 Å². The van der Waals surface area contributed by atoms with Gasteiger partial charge in [0.05, 0.1) is 17.0 Å². The topological polar surface area (TPSA) is 134 Å². The van der Waals surface area contributed by atoms with Gasteiger partial charge in [0.15, 0.2) is 5.69 Å². The molecule has 0 radical (unpaired) electrons. The van der Waals surface area contributed by atoms with E-state index in [1.54, 1.807) is 53.9 Å². The first-order valence-corrected chi connectivity index (χ1v) is 9.15. The lowest BCUT2D eigenvalue weighted by Crippen LogP contribution is -2.16. The number of nitrogens with two attached hydrogens (primary N) is 1. The molecule has 3 rings (SSSR count). The predicted molar refractivity (Wildman–Crippen MR) is 101 cm³/mol. The molecule has 0 fully saturated rings. The minimum Gasteiger partial charge on any atom is -0.462 e. The molecule has 3 aromatic heterocycles. The number of hydrogen-bond donors (Lipinski definition) is 2. The summed E-state index contributed by atoms with van der Waals surface area (Å²) in [5.41, 5.74) is 6.00. The van der Waals surface area contributed by atoms with Crippen LogP contribution in [-0.2, 0) is 11.4 Å². The van der Waals surface area contributed by atoms with Crippen LogP contribution in [0.3, 0.4) is 0 Å². The van der Waals surface area contributed by atoms with Crippen molar-refractivity contribution in [3.05, 3.63) is 52.4 Å². The highest BCUT2D eigenvalue weighted by Crippen LogP contribution is 2.33. The van der Waals surface area contributed by atoms with Gasteiger partial charge < -0.3 is 15.8 Å². The van der Waals surface area contributed by atoms with Crippen LogP contribution in [0.15, 0.2) is 30.7 Å². The molecule has 0 spiro atoms. The Morgan fingerprint density at radius 3 is 2.71 bits per heavy atom. The Labute approximate surface area is 163 Å². The van der Waals surface area contributed by atoms with Gasteiger partial charge in [-0.05, 0) is 31.5 Å². The van der Waals surface area contributed by atoms with E-state index < -0.39 is 17.8 Å². The first kappa shape index (κ1) is 19.3. The van der Waals surface area contributed by atoms with Gasteiger partial charge in [-0.2, -0.15) is 10.2 Å². The molecule has 0 bridgehead atoms. The zero-order valence-corrected chi connectivity index (χ0v) is 16.0. The first-order valence-electron chi connectivity index (χ1n) is 8.33. The Morgan fingerprint density at radius 1 is 1.29 bits per heavy atom. The van der Waals surface area contributed by atoms with Crippen molar-refractivity contribution in [3.8, 4) is 0 Å². The van der Waals surface area contributed by atoms with Gasteiger partial charge in [0.1, 0.15) is 11.7 Å². The number of nitrogens with zero attached hydrogens (tertiary/aromatic N) is 4. The molecular weight excluding hydrogens is 384 g/mol. The zero-order chi connectivity index (χ0) is 20.3. The Balaban J connectivity index is 1.83. The molecule has 0 atom stereocenters. The molecule has 3 N–H and O–H groups in total. The molecule has 146 valence electrons. The van der Waals surface area contributed by atoms with Crippen molar-refractivity contribution in [2.24, 2.45) is 5.73 Å². The van der Waals surface area contributed by atoms with Gasteiger partial charge in [-0.15, -0.1) is 11.3 Å². The minimum absolute atomic E-state index is 0.116. The molecule has 0 aliphatic carbocycles. The lowest BCUT2D eigenvalue weighted by Gasteiger charge is -2.06. The van der Waals surface area contributed by atoms with Crippen LogP contribution in [-0.4, -0.2) is 44.0 Å². The Hall–Kier alpha value is -3.47. The number of hydrogen-bond acceptors (Lipinski definition) is 7. The number of carbonyl (C=O) groups is 3. The van der Waals surface area contributed by atoms with Crippen LogP contribution in [0.2, 0.25) is 0 Å². The fourth-order valence-corrected chi connectivity index (χ4v) is 3.59. The highest BCUT2D eigenvalue weighted by Gasteiger charge is 2.26. The molecule has 0 saturated heterocycles. The van der Waals surface area contributed by atoms with Crippen molar-refractivity contribution in [1.29, 1.82) is 0 Å². The van der Waals surface area contributed by atoms with Crippen molar-refractivity contribution in [1.82, 2.24) is 19.6 Å². The summed E-state index contributed by atoms with van der Waals surface area (Å²) in [6, 6.07) is 3.32. The van der Waals surface area contributed by atoms with E-state index in [9.17, 15) is 14.4 Å². The van der Waals surface area contributed by atoms with Gasteiger partial charge in [-0.3, -0.25) is 19.0 Å². The predicted octanol–water partition coefficient (Wildman–Crippen LogP) is 1.48. The van der Waals surface area contributed by atoms with Crippen molar-refractivity contribution >= 4 is 34.1 Å². The Bertz CT molecular complexity index is 1020. The monoisotopic (exact) mass is 402 g/mol. The second-order valence-corrected chi connectivity index (χ2v) is 6.75. The van der Waals surface area contributed by atoms with Crippen LogP contribution in [0.5, 0.6) is 0 Å². The number of thiophene rings is 1. The lowest BCUT2D eigenvalue weighted by atomic mass is 10.1. The maximum Gasteiger partial charge on any atom is 0.341 e. The largest absolute Gasteiger partial charge is 0.462 e. The summed E-state index contributed by atoms with van der Waals surface area (Å²) < 4.78 is 8.22. The number of amides is 2. The third-order valence-electron chi connectivity index (χ3n) is 3.80. The maximum absolute atomic E-state index is 12.6. The van der Waals surface area contributed by atoms with Gasteiger partial charge in [-0.1, -0.05) is 0 Å². The average Bonchev–Trinajstić information content (AvgIpc) is 3.36. The molecule has 0 unspecified atom stereocenters. The summed E-state index contributed by atoms with van der Waals surface area (Å²) in [5, 5.41) is 11.1. The van der Waals surface area contributed by atoms with Gasteiger partial charge in [0.25, 0.3) is 11.8 Å². The van der Waals surface area contributed by atoms with Gasteiger partial charge in [-0.25, -0.2) is 4.79 Å². The van der Waals surface area contributed by atoms with E-state index in [1.807, 2.05) is 0 Å². The van der Waals surface area contributed by atoms with Gasteiger partial charge in [0.2, 0.25) is 0 Å². The second kappa shape index (κ2) is 8.05. The molecule has 0 aliphatic heterocycles. The van der Waals surface area contributed by atoms with Crippen LogP contribution < -0.4 is 11.1 Å². The van der Waals surface area contributed by atoms with Crippen LogP contribution in [0, 0.1) is 6.92 Å². The normalized spacial score (nSPS) is 10.6. The SMILES string of the molecule is CCOC(=O)c1c(NC(=O)c2ccn(Cn3cccn3)n2)sc(C(N)=O)c1C. The summed E-state index contributed by atoms with van der Waals surface area (Å²) in [5.74, 6) is -1.85. The van der Waals surface area contributed by atoms with E-state index in [0.29, 0.717) is 12.2 Å². The molecule has 2 amide bonds. The molecular formula is C17H18N6O4S. The van der Waals surface area contributed by atoms with E-state index in [4.69, 9.17) is 10.5 Å². The summed E-state index contributed by atoms with van der Waals surface area (Å²) >= 11 is 0.926. The van der Waals surface area contributed by atoms with E-state index in [-0.39, 0.29) is 27.7 Å². The molecule has 3 aromatic rings. The summed E-state index contributed by atoms with van der Waals surface area (Å²) in [6.07, 6.45) is 5.05. The molecule has 0 saturated carbocycles. The quantitative estimate of drug-likeness (QED) is 0.575. The minimum atomic E-state index is -0.683. The Kier molecular flexibility index (Phi) is 5.54. The van der Waals surface area contributed by atoms with Crippen LogP contribution >= 0.6 is 11.3 Å². The molecule has 11 heteroatoms. The molecule has 0 aliphatic rings. The molecule has 3 heterocycles. The standard InChI is InChI=1S/C17H18N6O4S/c1-3-27-17(26)12-10(2)13(14(18)24)28-16(12)20-15(25)11-5-8-23(21-11)9-22-7-4-6-19-22/h4-8H,3,9H2,1-2H3,(H2,18,24)(H,20,25). The average molecular weight is 402 g/mol. The van der Waals surface area contributed by atoms with Crippen molar-refractivity contribution in [2.45, 2.75) is 20.5 Å². The highest BCUT2D eigenvalue weighted by atomic mass is 32.1.